The number of hydrogen-bond donors (Lipinski definition) is 2. The fourth-order valence-corrected chi connectivity index (χ4v) is 3.27. The molecule has 2 saturated heterocycles. The molecule has 0 aliphatic carbocycles. The van der Waals surface area contributed by atoms with E-state index in [-0.39, 0.29) is 25.0 Å². The second kappa shape index (κ2) is 5.78. The maximum absolute atomic E-state index is 12.1. The molecule has 0 aromatic heterocycles. The number of carbonyl (C=O) groups is 3. The number of likely N-dealkylation sites (tertiary alicyclic amines) is 1. The van der Waals surface area contributed by atoms with Gasteiger partial charge in [-0.3, -0.25) is 9.59 Å². The lowest BCUT2D eigenvalue weighted by Crippen LogP contribution is -2.56. The zero-order valence-electron chi connectivity index (χ0n) is 13.3. The van der Waals surface area contributed by atoms with E-state index >= 15 is 0 Å². The first-order valence-corrected chi connectivity index (χ1v) is 7.60. The molecular formula is C15H24N2O5. The van der Waals surface area contributed by atoms with E-state index in [4.69, 9.17) is 4.74 Å². The monoisotopic (exact) mass is 312 g/mol. The van der Waals surface area contributed by atoms with Crippen molar-refractivity contribution in [3.8, 4) is 0 Å². The number of piperidine rings is 2. The van der Waals surface area contributed by atoms with Crippen LogP contribution in [0.3, 0.4) is 0 Å². The number of nitrogens with zero attached hydrogens (tertiary/aromatic N) is 1. The van der Waals surface area contributed by atoms with Gasteiger partial charge >= 0.3 is 12.1 Å². The van der Waals surface area contributed by atoms with Crippen LogP contribution >= 0.6 is 0 Å². The molecule has 2 N–H and O–H groups in total. The standard InChI is InChI=1S/C15H24N2O5/c1-14(2,3)22-13(21)17-6-4-15(5-7-17)8-11(18)16-9-10(15)12(19)20/h10H,4-9H2,1-3H3,(H,16,18)(H,19,20). The van der Waals surface area contributed by atoms with Crippen molar-refractivity contribution >= 4 is 18.0 Å². The fourth-order valence-electron chi connectivity index (χ4n) is 3.27. The zero-order chi connectivity index (χ0) is 16.5. The van der Waals surface area contributed by atoms with Crippen LogP contribution in [0.2, 0.25) is 0 Å². The van der Waals surface area contributed by atoms with Crippen molar-refractivity contribution in [3.05, 3.63) is 0 Å². The van der Waals surface area contributed by atoms with Gasteiger partial charge in [-0.2, -0.15) is 0 Å². The summed E-state index contributed by atoms with van der Waals surface area (Å²) in [6.45, 7) is 6.44. The Bertz CT molecular complexity index is 475. The summed E-state index contributed by atoms with van der Waals surface area (Å²) in [7, 11) is 0. The zero-order valence-corrected chi connectivity index (χ0v) is 13.3. The Kier molecular flexibility index (Phi) is 4.35. The van der Waals surface area contributed by atoms with Crippen molar-refractivity contribution in [2.45, 2.75) is 45.6 Å². The summed E-state index contributed by atoms with van der Waals surface area (Å²) in [5.74, 6) is -1.58. The third-order valence-corrected chi connectivity index (χ3v) is 4.46. The van der Waals surface area contributed by atoms with Gasteiger partial charge in [-0.05, 0) is 39.0 Å². The molecule has 2 aliphatic rings. The van der Waals surface area contributed by atoms with Gasteiger partial charge in [0.2, 0.25) is 5.91 Å². The van der Waals surface area contributed by atoms with Crippen LogP contribution in [0.1, 0.15) is 40.0 Å². The van der Waals surface area contributed by atoms with E-state index in [1.54, 1.807) is 4.90 Å². The van der Waals surface area contributed by atoms with Gasteiger partial charge < -0.3 is 20.1 Å². The first kappa shape index (κ1) is 16.6. The van der Waals surface area contributed by atoms with Crippen LogP contribution in [0.15, 0.2) is 0 Å². The molecular weight excluding hydrogens is 288 g/mol. The van der Waals surface area contributed by atoms with Crippen molar-refractivity contribution in [2.24, 2.45) is 11.3 Å². The van der Waals surface area contributed by atoms with Gasteiger partial charge in [-0.25, -0.2) is 4.79 Å². The average molecular weight is 312 g/mol. The van der Waals surface area contributed by atoms with Gasteiger partial charge in [0.1, 0.15) is 5.60 Å². The van der Waals surface area contributed by atoms with E-state index in [2.05, 4.69) is 5.32 Å². The molecule has 2 fully saturated rings. The van der Waals surface area contributed by atoms with Crippen LogP contribution in [0.5, 0.6) is 0 Å². The molecule has 1 spiro atoms. The van der Waals surface area contributed by atoms with Crippen LogP contribution < -0.4 is 5.32 Å². The summed E-state index contributed by atoms with van der Waals surface area (Å²) in [4.78, 5) is 36.9. The summed E-state index contributed by atoms with van der Waals surface area (Å²) in [5, 5.41) is 12.0. The molecule has 2 amide bonds. The molecule has 7 heteroatoms. The number of carboxylic acids is 1. The van der Waals surface area contributed by atoms with E-state index < -0.39 is 22.9 Å². The van der Waals surface area contributed by atoms with Crippen LogP contribution in [0, 0.1) is 11.3 Å². The number of hydrogen-bond acceptors (Lipinski definition) is 4. The average Bonchev–Trinajstić information content (AvgIpc) is 2.36. The molecule has 1 atom stereocenters. The summed E-state index contributed by atoms with van der Waals surface area (Å²) in [6, 6.07) is 0. The number of amides is 2. The summed E-state index contributed by atoms with van der Waals surface area (Å²) in [6.07, 6.45) is 0.855. The predicted molar refractivity (Wildman–Crippen MR) is 78.2 cm³/mol. The highest BCUT2D eigenvalue weighted by Crippen LogP contribution is 2.44. The van der Waals surface area contributed by atoms with E-state index in [0.29, 0.717) is 25.9 Å². The number of carboxylic acid groups (broad SMARTS) is 1. The fraction of sp³-hybridized carbons (Fsp3) is 0.800. The van der Waals surface area contributed by atoms with E-state index in [1.165, 1.54) is 0 Å². The van der Waals surface area contributed by atoms with E-state index in [0.717, 1.165) is 0 Å². The molecule has 2 aliphatic heterocycles. The van der Waals surface area contributed by atoms with Crippen molar-refractivity contribution < 1.29 is 24.2 Å². The molecule has 2 heterocycles. The molecule has 1 unspecified atom stereocenters. The normalized spacial score (nSPS) is 24.8. The van der Waals surface area contributed by atoms with Gasteiger partial charge in [0.05, 0.1) is 5.92 Å². The minimum atomic E-state index is -0.884. The predicted octanol–water partition coefficient (Wildman–Crippen LogP) is 1.22. The highest BCUT2D eigenvalue weighted by atomic mass is 16.6. The maximum Gasteiger partial charge on any atom is 0.410 e. The summed E-state index contributed by atoms with van der Waals surface area (Å²) in [5.41, 5.74) is -1.10. The van der Waals surface area contributed by atoms with Crippen LogP contribution in [0.25, 0.3) is 0 Å². The minimum Gasteiger partial charge on any atom is -0.481 e. The van der Waals surface area contributed by atoms with Gasteiger partial charge in [0.15, 0.2) is 0 Å². The Morgan fingerprint density at radius 2 is 1.91 bits per heavy atom. The Labute approximate surface area is 130 Å². The van der Waals surface area contributed by atoms with Crippen molar-refractivity contribution in [3.63, 3.8) is 0 Å². The first-order valence-electron chi connectivity index (χ1n) is 7.60. The molecule has 0 saturated carbocycles. The molecule has 0 aromatic rings. The maximum atomic E-state index is 12.1. The molecule has 22 heavy (non-hydrogen) atoms. The highest BCUT2D eigenvalue weighted by Gasteiger charge is 2.49. The molecule has 2 rings (SSSR count). The Hall–Kier alpha value is -1.79. The number of ether oxygens (including phenoxy) is 1. The molecule has 0 bridgehead atoms. The quantitative estimate of drug-likeness (QED) is 0.759. The van der Waals surface area contributed by atoms with Gasteiger partial charge in [-0.1, -0.05) is 0 Å². The van der Waals surface area contributed by atoms with Gasteiger partial charge in [0, 0.05) is 26.1 Å². The lowest BCUT2D eigenvalue weighted by molar-refractivity contribution is -0.152. The number of nitrogens with one attached hydrogen (secondary N) is 1. The topological polar surface area (TPSA) is 95.9 Å². The smallest absolute Gasteiger partial charge is 0.410 e. The lowest BCUT2D eigenvalue weighted by Gasteiger charge is -2.47. The SMILES string of the molecule is CC(C)(C)OC(=O)N1CCC2(CC1)CC(=O)NCC2C(=O)O. The van der Waals surface area contributed by atoms with Crippen LogP contribution in [0.4, 0.5) is 4.79 Å². The van der Waals surface area contributed by atoms with Crippen LogP contribution in [-0.4, -0.2) is 53.2 Å². The van der Waals surface area contributed by atoms with Gasteiger partial charge in [-0.15, -0.1) is 0 Å². The summed E-state index contributed by atoms with van der Waals surface area (Å²) >= 11 is 0. The Morgan fingerprint density at radius 3 is 2.41 bits per heavy atom. The molecule has 124 valence electrons. The molecule has 7 nitrogen and oxygen atoms in total. The third-order valence-electron chi connectivity index (χ3n) is 4.46. The largest absolute Gasteiger partial charge is 0.481 e. The highest BCUT2D eigenvalue weighted by molar-refractivity contribution is 5.82. The van der Waals surface area contributed by atoms with E-state index in [1.807, 2.05) is 20.8 Å². The number of aliphatic carboxylic acids is 1. The van der Waals surface area contributed by atoms with Crippen molar-refractivity contribution in [1.82, 2.24) is 10.2 Å². The van der Waals surface area contributed by atoms with Crippen LogP contribution in [-0.2, 0) is 14.3 Å². The van der Waals surface area contributed by atoms with Crippen molar-refractivity contribution in [2.75, 3.05) is 19.6 Å². The van der Waals surface area contributed by atoms with Gasteiger partial charge in [0.25, 0.3) is 0 Å². The van der Waals surface area contributed by atoms with Crippen molar-refractivity contribution in [1.29, 1.82) is 0 Å². The minimum absolute atomic E-state index is 0.108. The van der Waals surface area contributed by atoms with E-state index in [9.17, 15) is 19.5 Å². The Morgan fingerprint density at radius 1 is 1.32 bits per heavy atom. The Balaban J connectivity index is 2.04. The molecule has 0 radical (unpaired) electrons. The number of rotatable bonds is 1. The number of carbonyl (C=O) groups excluding carboxylic acids is 2. The third kappa shape index (κ3) is 3.51. The molecule has 0 aromatic carbocycles. The summed E-state index contributed by atoms with van der Waals surface area (Å²) < 4.78 is 5.34. The second-order valence-electron chi connectivity index (χ2n) is 7.20. The first-order chi connectivity index (χ1) is 10.1. The lowest BCUT2D eigenvalue weighted by atomic mass is 9.64. The second-order valence-corrected chi connectivity index (χ2v) is 7.20.